The lowest BCUT2D eigenvalue weighted by Gasteiger charge is -2.28. The number of carboxylic acid groups (broad SMARTS) is 1. The third-order valence-electron chi connectivity index (χ3n) is 7.65. The average molecular weight is 645 g/mol. The Kier molecular flexibility index (Phi) is 8.04. The van der Waals surface area contributed by atoms with Gasteiger partial charge in [-0.25, -0.2) is 41.7 Å². The lowest BCUT2D eigenvalue weighted by atomic mass is 9.87. The number of carboxylic acids is 1. The molecule has 0 amide bonds. The van der Waals surface area contributed by atoms with Gasteiger partial charge in [-0.1, -0.05) is 19.9 Å². The third-order valence-corrected chi connectivity index (χ3v) is 8.62. The molecule has 0 bridgehead atoms. The molecule has 1 N–H and O–H groups in total. The highest BCUT2D eigenvalue weighted by Gasteiger charge is 2.39. The largest absolute Gasteiger partial charge is 0.478 e. The average Bonchev–Trinajstić information content (AvgIpc) is 3.70. The Morgan fingerprint density at radius 2 is 1.93 bits per heavy atom. The molecule has 1 unspecified atom stereocenters. The SMILES string of the molecule is CC1(C)COCC1n1c(Cc2cc(F)c(-c3cccc(OCc4ncc(C(F)F)s4)n3)cc2F)nc2c(F)cc(C(=O)O)cc21. The molecule has 2 aromatic carbocycles. The van der Waals surface area contributed by atoms with Gasteiger partial charge in [0.15, 0.2) is 5.82 Å². The summed E-state index contributed by atoms with van der Waals surface area (Å²) in [7, 11) is 0. The Labute approximate surface area is 257 Å². The fourth-order valence-corrected chi connectivity index (χ4v) is 6.03. The summed E-state index contributed by atoms with van der Waals surface area (Å²) in [5.74, 6) is -3.45. The number of thiazole rings is 1. The zero-order chi connectivity index (χ0) is 32.0. The molecule has 0 radical (unpaired) electrons. The molecule has 234 valence electrons. The zero-order valence-electron chi connectivity index (χ0n) is 23.9. The molecule has 1 atom stereocenters. The number of benzene rings is 2. The molecule has 3 aromatic heterocycles. The first-order chi connectivity index (χ1) is 21.4. The summed E-state index contributed by atoms with van der Waals surface area (Å²) in [6.07, 6.45) is -1.80. The topological polar surface area (TPSA) is 99.4 Å². The van der Waals surface area contributed by atoms with Crippen molar-refractivity contribution >= 4 is 28.3 Å². The fraction of sp³-hybridized carbons (Fsp3) is 0.290. The number of aromatic carboxylic acids is 1. The second-order valence-electron chi connectivity index (χ2n) is 11.3. The molecular formula is C31H25F5N4O4S. The quantitative estimate of drug-likeness (QED) is 0.167. The molecule has 5 aromatic rings. The van der Waals surface area contributed by atoms with E-state index in [1.54, 1.807) is 4.57 Å². The first-order valence-electron chi connectivity index (χ1n) is 13.7. The predicted molar refractivity (Wildman–Crippen MR) is 154 cm³/mol. The van der Waals surface area contributed by atoms with Crippen molar-refractivity contribution in [1.82, 2.24) is 19.5 Å². The summed E-state index contributed by atoms with van der Waals surface area (Å²) in [6.45, 7) is 4.36. The Balaban J connectivity index is 1.32. The van der Waals surface area contributed by atoms with E-state index in [1.807, 2.05) is 13.8 Å². The van der Waals surface area contributed by atoms with E-state index in [0.717, 1.165) is 35.7 Å². The van der Waals surface area contributed by atoms with E-state index < -0.39 is 35.3 Å². The van der Waals surface area contributed by atoms with Crippen LogP contribution in [0.3, 0.4) is 0 Å². The van der Waals surface area contributed by atoms with Gasteiger partial charge >= 0.3 is 5.97 Å². The van der Waals surface area contributed by atoms with Crippen LogP contribution in [-0.2, 0) is 17.8 Å². The van der Waals surface area contributed by atoms with Crippen LogP contribution in [0.5, 0.6) is 5.88 Å². The Bertz CT molecular complexity index is 1930. The van der Waals surface area contributed by atoms with Crippen LogP contribution >= 0.6 is 11.3 Å². The molecule has 1 saturated heterocycles. The lowest BCUT2D eigenvalue weighted by molar-refractivity contribution is 0.0696. The van der Waals surface area contributed by atoms with Crippen LogP contribution in [0.15, 0.2) is 48.7 Å². The fourth-order valence-electron chi connectivity index (χ4n) is 5.34. The van der Waals surface area contributed by atoms with Gasteiger partial charge in [0.25, 0.3) is 6.43 Å². The highest BCUT2D eigenvalue weighted by atomic mass is 32.1. The van der Waals surface area contributed by atoms with E-state index in [0.29, 0.717) is 11.6 Å². The molecule has 4 heterocycles. The smallest absolute Gasteiger partial charge is 0.335 e. The number of imidazole rings is 1. The number of halogens is 5. The first-order valence-corrected chi connectivity index (χ1v) is 14.5. The van der Waals surface area contributed by atoms with Crippen molar-refractivity contribution in [3.63, 3.8) is 0 Å². The van der Waals surface area contributed by atoms with E-state index in [4.69, 9.17) is 9.47 Å². The lowest BCUT2D eigenvalue weighted by Crippen LogP contribution is -2.27. The highest BCUT2D eigenvalue weighted by Crippen LogP contribution is 2.41. The van der Waals surface area contributed by atoms with Gasteiger partial charge in [-0.15, -0.1) is 11.3 Å². The van der Waals surface area contributed by atoms with Crippen LogP contribution in [0, 0.1) is 22.9 Å². The van der Waals surface area contributed by atoms with Crippen LogP contribution < -0.4 is 4.74 Å². The van der Waals surface area contributed by atoms with Crippen molar-refractivity contribution < 1.29 is 41.3 Å². The molecule has 0 aliphatic carbocycles. The van der Waals surface area contributed by atoms with Gasteiger partial charge in [0.2, 0.25) is 5.88 Å². The number of hydrogen-bond acceptors (Lipinski definition) is 7. The van der Waals surface area contributed by atoms with E-state index in [-0.39, 0.29) is 75.7 Å². The minimum Gasteiger partial charge on any atom is -0.478 e. The molecule has 1 aliphatic heterocycles. The summed E-state index contributed by atoms with van der Waals surface area (Å²) in [4.78, 5) is 24.0. The van der Waals surface area contributed by atoms with Gasteiger partial charge in [0.05, 0.1) is 40.9 Å². The van der Waals surface area contributed by atoms with Crippen molar-refractivity contribution in [1.29, 1.82) is 0 Å². The summed E-state index contributed by atoms with van der Waals surface area (Å²) < 4.78 is 84.8. The van der Waals surface area contributed by atoms with Crippen molar-refractivity contribution in [2.75, 3.05) is 13.2 Å². The van der Waals surface area contributed by atoms with Crippen molar-refractivity contribution in [2.45, 2.75) is 39.3 Å². The van der Waals surface area contributed by atoms with Crippen LogP contribution in [0.4, 0.5) is 22.0 Å². The molecule has 0 spiro atoms. The molecule has 1 aliphatic rings. The number of carbonyl (C=O) groups is 1. The first kappa shape index (κ1) is 30.6. The van der Waals surface area contributed by atoms with Gasteiger partial charge in [-0.3, -0.25) is 0 Å². The number of hydrogen-bond donors (Lipinski definition) is 1. The summed E-state index contributed by atoms with van der Waals surface area (Å²) >= 11 is 0.796. The van der Waals surface area contributed by atoms with Crippen LogP contribution in [0.1, 0.15) is 57.9 Å². The minimum atomic E-state index is -2.65. The minimum absolute atomic E-state index is 0.0584. The second kappa shape index (κ2) is 11.8. The molecule has 14 heteroatoms. The summed E-state index contributed by atoms with van der Waals surface area (Å²) in [6, 6.07) is 8.30. The third kappa shape index (κ3) is 5.99. The number of pyridine rings is 1. The van der Waals surface area contributed by atoms with E-state index in [2.05, 4.69) is 15.0 Å². The monoisotopic (exact) mass is 644 g/mol. The highest BCUT2D eigenvalue weighted by molar-refractivity contribution is 7.11. The number of rotatable bonds is 9. The Morgan fingerprint density at radius 1 is 1.13 bits per heavy atom. The number of nitrogens with zero attached hydrogens (tertiary/aromatic N) is 4. The van der Waals surface area contributed by atoms with Crippen LogP contribution in [0.25, 0.3) is 22.3 Å². The predicted octanol–water partition coefficient (Wildman–Crippen LogP) is 7.38. The Hall–Kier alpha value is -4.43. The second-order valence-corrected chi connectivity index (χ2v) is 12.4. The van der Waals surface area contributed by atoms with E-state index in [1.165, 1.54) is 24.3 Å². The maximum absolute atomic E-state index is 15.6. The molecule has 1 fully saturated rings. The van der Waals surface area contributed by atoms with Crippen LogP contribution in [-0.4, -0.2) is 43.8 Å². The van der Waals surface area contributed by atoms with Gasteiger partial charge in [0, 0.05) is 29.7 Å². The van der Waals surface area contributed by atoms with Gasteiger partial charge in [0.1, 0.15) is 34.6 Å². The number of alkyl halides is 2. The summed E-state index contributed by atoms with van der Waals surface area (Å²) in [5, 5.41) is 9.82. The number of aromatic nitrogens is 4. The maximum atomic E-state index is 15.6. The standard InChI is InChI=1S/C31H25F5N4O4S/c1-31(2)14-43-12-24(31)40-22-8-16(30(41)42)7-20(34)28(22)39-25(40)9-15-6-19(33)17(10-18(15)32)21-4-3-5-26(38-21)44-13-27-37-11-23(45-27)29(35)36/h3-8,10-11,24,29H,9,12-14H2,1-2H3,(H,41,42). The van der Waals surface area contributed by atoms with Crippen molar-refractivity contribution in [2.24, 2.45) is 5.41 Å². The Morgan fingerprint density at radius 3 is 2.62 bits per heavy atom. The van der Waals surface area contributed by atoms with Gasteiger partial charge in [-0.2, -0.15) is 0 Å². The molecular weight excluding hydrogens is 619 g/mol. The molecule has 0 saturated carbocycles. The normalized spacial score (nSPS) is 16.1. The number of fused-ring (bicyclic) bond motifs is 1. The zero-order valence-corrected chi connectivity index (χ0v) is 24.7. The summed E-state index contributed by atoms with van der Waals surface area (Å²) in [5.41, 5.74) is -0.721. The van der Waals surface area contributed by atoms with Gasteiger partial charge < -0.3 is 19.1 Å². The molecule has 45 heavy (non-hydrogen) atoms. The van der Waals surface area contributed by atoms with E-state index in [9.17, 15) is 18.7 Å². The molecule has 6 rings (SSSR count). The van der Waals surface area contributed by atoms with Crippen LogP contribution in [0.2, 0.25) is 0 Å². The maximum Gasteiger partial charge on any atom is 0.335 e. The van der Waals surface area contributed by atoms with E-state index >= 15 is 13.2 Å². The van der Waals surface area contributed by atoms with Crippen molar-refractivity contribution in [3.8, 4) is 17.1 Å². The number of ether oxygens (including phenoxy) is 2. The molecule has 8 nitrogen and oxygen atoms in total. The van der Waals surface area contributed by atoms with Crippen molar-refractivity contribution in [3.05, 3.63) is 92.9 Å². The van der Waals surface area contributed by atoms with Gasteiger partial charge in [-0.05, 0) is 35.9 Å².